The van der Waals surface area contributed by atoms with Crippen LogP contribution in [0.2, 0.25) is 0 Å². The highest BCUT2D eigenvalue weighted by molar-refractivity contribution is 5.42. The summed E-state index contributed by atoms with van der Waals surface area (Å²) in [6.07, 6.45) is 5.68. The fraction of sp³-hybridized carbons (Fsp3) is 0.750. The maximum absolute atomic E-state index is 4.62. The minimum Gasteiger partial charge on any atom is -0.356 e. The molecule has 1 unspecified atom stereocenters. The molecule has 20 heavy (non-hydrogen) atoms. The van der Waals surface area contributed by atoms with E-state index in [4.69, 9.17) is 0 Å². The van der Waals surface area contributed by atoms with Crippen LogP contribution in [0.4, 0.5) is 11.8 Å². The lowest BCUT2D eigenvalue weighted by molar-refractivity contribution is 0.220. The smallest absolute Gasteiger partial charge is 0.224 e. The molecule has 2 rings (SSSR count). The van der Waals surface area contributed by atoms with Gasteiger partial charge in [-0.25, -0.2) is 4.98 Å². The molecular weight excluding hydrogens is 248 g/mol. The van der Waals surface area contributed by atoms with Crippen LogP contribution in [0.25, 0.3) is 0 Å². The molecule has 112 valence electrons. The van der Waals surface area contributed by atoms with E-state index in [1.165, 1.54) is 19.3 Å². The highest BCUT2D eigenvalue weighted by Gasteiger charge is 2.27. The van der Waals surface area contributed by atoms with Gasteiger partial charge >= 0.3 is 0 Å². The Morgan fingerprint density at radius 2 is 2.10 bits per heavy atom. The summed E-state index contributed by atoms with van der Waals surface area (Å²) >= 11 is 0. The maximum Gasteiger partial charge on any atom is 0.224 e. The molecular formula is C16H28N4. The first-order chi connectivity index (χ1) is 9.50. The van der Waals surface area contributed by atoms with Crippen LogP contribution in [-0.4, -0.2) is 29.6 Å². The van der Waals surface area contributed by atoms with Crippen LogP contribution in [0.5, 0.6) is 0 Å². The molecule has 1 atom stereocenters. The number of aromatic nitrogens is 2. The summed E-state index contributed by atoms with van der Waals surface area (Å²) < 4.78 is 0. The molecule has 1 aliphatic heterocycles. The predicted octanol–water partition coefficient (Wildman–Crippen LogP) is 3.56. The fourth-order valence-corrected chi connectivity index (χ4v) is 2.96. The molecule has 1 aromatic heterocycles. The first kappa shape index (κ1) is 15.1. The van der Waals surface area contributed by atoms with Crippen LogP contribution in [0.15, 0.2) is 12.3 Å². The predicted molar refractivity (Wildman–Crippen MR) is 85.2 cm³/mol. The third-order valence-electron chi connectivity index (χ3n) is 4.25. The molecule has 0 aromatic carbocycles. The molecule has 1 aromatic rings. The number of nitrogens with one attached hydrogen (secondary N) is 1. The van der Waals surface area contributed by atoms with E-state index in [0.29, 0.717) is 5.41 Å². The van der Waals surface area contributed by atoms with Crippen molar-refractivity contribution in [3.05, 3.63) is 12.3 Å². The molecule has 4 heteroatoms. The standard InChI is InChI=1S/C16H28N4/c1-5-17-15-18-10-8-14(19-15)20-11-6-7-13(9-12-20)16(2,3)4/h8,10,13H,5-7,9,11-12H2,1-4H3,(H,17,18,19). The van der Waals surface area contributed by atoms with Gasteiger partial charge in [-0.1, -0.05) is 20.8 Å². The minimum atomic E-state index is 0.413. The Morgan fingerprint density at radius 1 is 1.30 bits per heavy atom. The van der Waals surface area contributed by atoms with Crippen molar-refractivity contribution >= 4 is 11.8 Å². The van der Waals surface area contributed by atoms with Gasteiger partial charge in [-0.3, -0.25) is 0 Å². The fourth-order valence-electron chi connectivity index (χ4n) is 2.96. The normalized spacial score (nSPS) is 20.6. The van der Waals surface area contributed by atoms with E-state index >= 15 is 0 Å². The van der Waals surface area contributed by atoms with Gasteiger partial charge in [-0.2, -0.15) is 4.98 Å². The van der Waals surface area contributed by atoms with E-state index in [9.17, 15) is 0 Å². The lowest BCUT2D eigenvalue weighted by Crippen LogP contribution is -2.27. The van der Waals surface area contributed by atoms with Crippen molar-refractivity contribution in [1.29, 1.82) is 0 Å². The lowest BCUT2D eigenvalue weighted by atomic mass is 9.77. The first-order valence-electron chi connectivity index (χ1n) is 7.82. The minimum absolute atomic E-state index is 0.413. The summed E-state index contributed by atoms with van der Waals surface area (Å²) in [5, 5.41) is 3.19. The van der Waals surface area contributed by atoms with Gasteiger partial charge in [-0.15, -0.1) is 0 Å². The van der Waals surface area contributed by atoms with E-state index in [0.717, 1.165) is 37.3 Å². The zero-order chi connectivity index (χ0) is 14.6. The van der Waals surface area contributed by atoms with Crippen molar-refractivity contribution in [2.75, 3.05) is 29.9 Å². The summed E-state index contributed by atoms with van der Waals surface area (Å²) in [6.45, 7) is 12.2. The van der Waals surface area contributed by atoms with Crippen LogP contribution in [0, 0.1) is 11.3 Å². The molecule has 1 fully saturated rings. The molecule has 0 bridgehead atoms. The van der Waals surface area contributed by atoms with Gasteiger partial charge in [-0.05, 0) is 43.6 Å². The second kappa shape index (κ2) is 6.42. The van der Waals surface area contributed by atoms with Gasteiger partial charge in [0.15, 0.2) is 0 Å². The van der Waals surface area contributed by atoms with Gasteiger partial charge in [0.25, 0.3) is 0 Å². The summed E-state index contributed by atoms with van der Waals surface area (Å²) in [4.78, 5) is 11.3. The average Bonchev–Trinajstić information content (AvgIpc) is 2.64. The van der Waals surface area contributed by atoms with Gasteiger partial charge in [0.1, 0.15) is 5.82 Å². The van der Waals surface area contributed by atoms with Crippen molar-refractivity contribution < 1.29 is 0 Å². The summed E-state index contributed by atoms with van der Waals surface area (Å²) in [7, 11) is 0. The van der Waals surface area contributed by atoms with Crippen molar-refractivity contribution in [3.63, 3.8) is 0 Å². The number of hydrogen-bond donors (Lipinski definition) is 1. The van der Waals surface area contributed by atoms with Crippen LogP contribution in [0.1, 0.15) is 47.0 Å². The van der Waals surface area contributed by atoms with Gasteiger partial charge in [0.05, 0.1) is 0 Å². The van der Waals surface area contributed by atoms with Crippen molar-refractivity contribution in [3.8, 4) is 0 Å². The van der Waals surface area contributed by atoms with Crippen molar-refractivity contribution in [2.24, 2.45) is 11.3 Å². The van der Waals surface area contributed by atoms with E-state index < -0.39 is 0 Å². The number of anilines is 2. The zero-order valence-electron chi connectivity index (χ0n) is 13.3. The molecule has 1 saturated heterocycles. The average molecular weight is 276 g/mol. The van der Waals surface area contributed by atoms with Gasteiger partial charge in [0, 0.05) is 25.8 Å². The summed E-state index contributed by atoms with van der Waals surface area (Å²) in [5.41, 5.74) is 0.413. The third-order valence-corrected chi connectivity index (χ3v) is 4.25. The lowest BCUT2D eigenvalue weighted by Gasteiger charge is -2.29. The van der Waals surface area contributed by atoms with E-state index in [2.05, 4.69) is 47.9 Å². The Balaban J connectivity index is 2.05. The first-order valence-corrected chi connectivity index (χ1v) is 7.82. The Bertz CT molecular complexity index is 425. The Labute approximate surface area is 123 Å². The SMILES string of the molecule is CCNc1nccc(N2CCCC(C(C)(C)C)CC2)n1. The monoisotopic (exact) mass is 276 g/mol. The maximum atomic E-state index is 4.62. The highest BCUT2D eigenvalue weighted by Crippen LogP contribution is 2.34. The van der Waals surface area contributed by atoms with E-state index in [1.807, 2.05) is 12.3 Å². The molecule has 1 aliphatic rings. The largest absolute Gasteiger partial charge is 0.356 e. The molecule has 0 amide bonds. The van der Waals surface area contributed by atoms with Crippen molar-refractivity contribution in [2.45, 2.75) is 47.0 Å². The quantitative estimate of drug-likeness (QED) is 0.916. The molecule has 0 spiro atoms. The molecule has 4 nitrogen and oxygen atoms in total. The molecule has 0 aliphatic carbocycles. The summed E-state index contributed by atoms with van der Waals surface area (Å²) in [6, 6.07) is 2.03. The van der Waals surface area contributed by atoms with Gasteiger partial charge < -0.3 is 10.2 Å². The van der Waals surface area contributed by atoms with Gasteiger partial charge in [0.2, 0.25) is 5.95 Å². The Morgan fingerprint density at radius 3 is 2.80 bits per heavy atom. The van der Waals surface area contributed by atoms with Crippen LogP contribution in [0.3, 0.4) is 0 Å². The van der Waals surface area contributed by atoms with Crippen LogP contribution in [-0.2, 0) is 0 Å². The third kappa shape index (κ3) is 3.84. The Kier molecular flexibility index (Phi) is 4.84. The van der Waals surface area contributed by atoms with Crippen LogP contribution < -0.4 is 10.2 Å². The topological polar surface area (TPSA) is 41.1 Å². The van der Waals surface area contributed by atoms with E-state index in [-0.39, 0.29) is 0 Å². The van der Waals surface area contributed by atoms with Crippen molar-refractivity contribution in [1.82, 2.24) is 9.97 Å². The number of rotatable bonds is 3. The highest BCUT2D eigenvalue weighted by atomic mass is 15.2. The number of hydrogen-bond acceptors (Lipinski definition) is 4. The molecule has 2 heterocycles. The Hall–Kier alpha value is -1.32. The van der Waals surface area contributed by atoms with E-state index in [1.54, 1.807) is 0 Å². The molecule has 1 N–H and O–H groups in total. The zero-order valence-corrected chi connectivity index (χ0v) is 13.3. The van der Waals surface area contributed by atoms with Crippen LogP contribution >= 0.6 is 0 Å². The molecule has 0 radical (unpaired) electrons. The number of nitrogens with zero attached hydrogens (tertiary/aromatic N) is 3. The second-order valence-corrected chi connectivity index (χ2v) is 6.75. The molecule has 0 saturated carbocycles. The second-order valence-electron chi connectivity index (χ2n) is 6.75. The summed E-state index contributed by atoms with van der Waals surface area (Å²) in [5.74, 6) is 2.61.